The van der Waals surface area contributed by atoms with E-state index >= 15 is 0 Å². The van der Waals surface area contributed by atoms with Crippen LogP contribution in [0.2, 0.25) is 0 Å². The second kappa shape index (κ2) is 23.1. The normalized spacial score (nSPS) is 14.2. The van der Waals surface area contributed by atoms with Gasteiger partial charge in [-0.25, -0.2) is 0 Å². The van der Waals surface area contributed by atoms with Gasteiger partial charge in [-0.1, -0.05) is 85.5 Å². The van der Waals surface area contributed by atoms with Crippen molar-refractivity contribution in [2.45, 2.75) is 117 Å². The third kappa shape index (κ3) is 20.3. The quantitative estimate of drug-likeness (QED) is 0.0674. The minimum atomic E-state index is -0.143. The zero-order chi connectivity index (χ0) is 23.2. The first-order valence-corrected chi connectivity index (χ1v) is 13.9. The number of unbranched alkanes of at least 4 members (excludes halogenated alkanes) is 6. The summed E-state index contributed by atoms with van der Waals surface area (Å²) in [6.45, 7) is 12.4. The van der Waals surface area contributed by atoms with E-state index < -0.39 is 0 Å². The average molecular weight is 477 g/mol. The molecule has 186 valence electrons. The lowest BCUT2D eigenvalue weighted by Gasteiger charge is -2.19. The Labute approximate surface area is 204 Å². The molecule has 0 fully saturated rings. The number of thiocarbonyl (C=S) groups is 1. The van der Waals surface area contributed by atoms with Crippen LogP contribution in [0.1, 0.15) is 111 Å². The summed E-state index contributed by atoms with van der Waals surface area (Å²) in [6.07, 6.45) is 15.9. The number of rotatable bonds is 22. The fourth-order valence-corrected chi connectivity index (χ4v) is 3.91. The van der Waals surface area contributed by atoms with Gasteiger partial charge in [-0.05, 0) is 56.3 Å². The molecule has 0 saturated heterocycles. The highest BCUT2D eigenvalue weighted by Gasteiger charge is 2.09. The molecule has 0 radical (unpaired) electrons. The van der Waals surface area contributed by atoms with Crippen molar-refractivity contribution in [1.82, 2.24) is 10.6 Å². The monoisotopic (exact) mass is 476 g/mol. The molecule has 0 amide bonds. The topological polar surface area (TPSA) is 42.5 Å². The maximum Gasteiger partial charge on any atom is 0.256 e. The summed E-state index contributed by atoms with van der Waals surface area (Å²) >= 11 is 9.81. The molecule has 0 aliphatic carbocycles. The van der Waals surface area contributed by atoms with Gasteiger partial charge in [0.2, 0.25) is 0 Å². The molecule has 0 spiro atoms. The van der Waals surface area contributed by atoms with Gasteiger partial charge in [0, 0.05) is 6.54 Å². The van der Waals surface area contributed by atoms with Crippen LogP contribution >= 0.6 is 24.8 Å². The van der Waals surface area contributed by atoms with Crippen LogP contribution in [0.5, 0.6) is 0 Å². The highest BCUT2D eigenvalue weighted by Crippen LogP contribution is 2.14. The van der Waals surface area contributed by atoms with Crippen molar-refractivity contribution < 1.29 is 9.47 Å². The van der Waals surface area contributed by atoms with E-state index in [2.05, 4.69) is 51.0 Å². The summed E-state index contributed by atoms with van der Waals surface area (Å²) in [6, 6.07) is 0. The lowest BCUT2D eigenvalue weighted by Crippen LogP contribution is -2.29. The van der Waals surface area contributed by atoms with Gasteiger partial charge in [0.25, 0.3) is 5.17 Å². The predicted molar refractivity (Wildman–Crippen MR) is 143 cm³/mol. The van der Waals surface area contributed by atoms with E-state index in [1.807, 2.05) is 0 Å². The second-order valence-corrected chi connectivity index (χ2v) is 9.61. The van der Waals surface area contributed by atoms with Gasteiger partial charge in [-0.3, -0.25) is 5.32 Å². The Morgan fingerprint density at radius 3 is 1.90 bits per heavy atom. The molecule has 0 aliphatic rings. The van der Waals surface area contributed by atoms with Gasteiger partial charge in [0.05, 0.1) is 13.2 Å². The molecule has 6 heteroatoms. The summed E-state index contributed by atoms with van der Waals surface area (Å²) in [5.41, 5.74) is -0.143. The molecule has 4 nitrogen and oxygen atoms in total. The first-order valence-electron chi connectivity index (χ1n) is 13.0. The zero-order valence-electron chi connectivity index (χ0n) is 20.9. The van der Waals surface area contributed by atoms with E-state index in [4.69, 9.17) is 21.7 Å². The Kier molecular flexibility index (Phi) is 23.1. The summed E-state index contributed by atoms with van der Waals surface area (Å²) < 4.78 is 11.6. The summed E-state index contributed by atoms with van der Waals surface area (Å²) in [5, 5.41) is 7.19. The molecule has 0 aliphatic heterocycles. The Morgan fingerprint density at radius 2 is 1.32 bits per heavy atom. The maximum atomic E-state index is 5.86. The number of hydrogen-bond acceptors (Lipinski definition) is 5. The van der Waals surface area contributed by atoms with Crippen LogP contribution in [-0.2, 0) is 9.47 Å². The van der Waals surface area contributed by atoms with Crippen molar-refractivity contribution in [1.29, 1.82) is 0 Å². The molecular formula is C25H52N2O2S2. The van der Waals surface area contributed by atoms with Crippen molar-refractivity contribution >= 4 is 30.0 Å². The van der Waals surface area contributed by atoms with E-state index in [0.717, 1.165) is 39.1 Å². The molecule has 0 aromatic heterocycles. The smallest absolute Gasteiger partial charge is 0.256 e. The van der Waals surface area contributed by atoms with E-state index in [-0.39, 0.29) is 5.56 Å². The molecule has 0 aromatic carbocycles. The zero-order valence-corrected chi connectivity index (χ0v) is 22.6. The van der Waals surface area contributed by atoms with E-state index in [1.165, 1.54) is 70.6 Å². The molecule has 0 aromatic rings. The van der Waals surface area contributed by atoms with Gasteiger partial charge in [-0.15, -0.1) is 12.6 Å². The Balaban J connectivity index is 3.51. The molecule has 3 atom stereocenters. The molecule has 0 rings (SSSR count). The number of hydrogen-bond donors (Lipinski definition) is 3. The van der Waals surface area contributed by atoms with Crippen molar-refractivity contribution in [3.63, 3.8) is 0 Å². The van der Waals surface area contributed by atoms with Crippen molar-refractivity contribution in [2.24, 2.45) is 11.8 Å². The number of nitrogens with one attached hydrogen (secondary N) is 2. The third-order valence-corrected chi connectivity index (χ3v) is 6.56. The fourth-order valence-electron chi connectivity index (χ4n) is 3.52. The predicted octanol–water partition coefficient (Wildman–Crippen LogP) is 7.08. The lowest BCUT2D eigenvalue weighted by molar-refractivity contribution is 0.0594. The summed E-state index contributed by atoms with van der Waals surface area (Å²) in [4.78, 5) is 0. The second-order valence-electron chi connectivity index (χ2n) is 8.77. The molecular weight excluding hydrogens is 424 g/mol. The van der Waals surface area contributed by atoms with Crippen LogP contribution in [0.25, 0.3) is 0 Å². The molecule has 2 N–H and O–H groups in total. The molecule has 0 heterocycles. The van der Waals surface area contributed by atoms with Crippen molar-refractivity contribution in [3.8, 4) is 0 Å². The Hall–Kier alpha value is -0.0400. The van der Waals surface area contributed by atoms with Gasteiger partial charge < -0.3 is 14.8 Å². The van der Waals surface area contributed by atoms with Crippen LogP contribution in [0.4, 0.5) is 0 Å². The highest BCUT2D eigenvalue weighted by molar-refractivity contribution is 7.80. The van der Waals surface area contributed by atoms with E-state index in [1.54, 1.807) is 0 Å². The fraction of sp³-hybridized carbons (Fsp3) is 0.960. The van der Waals surface area contributed by atoms with Gasteiger partial charge in [0.1, 0.15) is 0 Å². The van der Waals surface area contributed by atoms with Gasteiger partial charge >= 0.3 is 0 Å². The molecule has 31 heavy (non-hydrogen) atoms. The maximum absolute atomic E-state index is 5.86. The summed E-state index contributed by atoms with van der Waals surface area (Å²) in [7, 11) is 0. The SMILES string of the molecule is CCCCC(CC)COC(=S)NCCCCCCCNC(S)OCC(CC)CCCC. The Bertz CT molecular complexity index is 400. The Morgan fingerprint density at radius 1 is 0.774 bits per heavy atom. The number of ether oxygens (including phenoxy) is 2. The largest absolute Gasteiger partial charge is 0.471 e. The van der Waals surface area contributed by atoms with Crippen LogP contribution in [-0.4, -0.2) is 37.0 Å². The van der Waals surface area contributed by atoms with Gasteiger partial charge in [-0.2, -0.15) is 0 Å². The minimum Gasteiger partial charge on any atom is -0.471 e. The van der Waals surface area contributed by atoms with Crippen LogP contribution in [0.15, 0.2) is 0 Å². The molecule has 3 unspecified atom stereocenters. The van der Waals surface area contributed by atoms with Crippen molar-refractivity contribution in [2.75, 3.05) is 26.3 Å². The molecule has 0 bridgehead atoms. The number of thiol groups is 1. The third-order valence-electron chi connectivity index (χ3n) is 5.97. The standard InChI is InChI=1S/C25H52N2O2S2/c1-5-9-16-22(7-3)20-28-24(30)26-18-14-12-11-13-15-19-27-25(31)29-21-23(8-4)17-10-6-2/h22-24,26,30H,5-21H2,1-4H3,(H,27,31). The highest BCUT2D eigenvalue weighted by atomic mass is 32.1. The minimum absolute atomic E-state index is 0.143. The first-order chi connectivity index (χ1) is 15.1. The van der Waals surface area contributed by atoms with Crippen LogP contribution in [0.3, 0.4) is 0 Å². The summed E-state index contributed by atoms with van der Waals surface area (Å²) in [5.74, 6) is 1.29. The first kappa shape index (κ1) is 31.0. The van der Waals surface area contributed by atoms with E-state index in [9.17, 15) is 0 Å². The van der Waals surface area contributed by atoms with Gasteiger partial charge in [0.15, 0.2) is 5.56 Å². The van der Waals surface area contributed by atoms with Crippen LogP contribution in [0, 0.1) is 11.8 Å². The van der Waals surface area contributed by atoms with Crippen LogP contribution < -0.4 is 10.6 Å². The van der Waals surface area contributed by atoms with E-state index in [0.29, 0.717) is 17.0 Å². The average Bonchev–Trinajstić information content (AvgIpc) is 2.78. The molecule has 0 saturated carbocycles. The lowest BCUT2D eigenvalue weighted by atomic mass is 10.0. The van der Waals surface area contributed by atoms with Crippen molar-refractivity contribution in [3.05, 3.63) is 0 Å².